The lowest BCUT2D eigenvalue weighted by Gasteiger charge is -2.31. The molecule has 218 valence electrons. The van der Waals surface area contributed by atoms with Crippen LogP contribution >= 0.6 is 0 Å². The molecule has 0 aliphatic heterocycles. The van der Waals surface area contributed by atoms with Crippen LogP contribution in [0.25, 0.3) is 66.9 Å². The minimum Gasteiger partial charge on any atom is -0.264 e. The molecule has 2 aliphatic carbocycles. The van der Waals surface area contributed by atoms with E-state index in [0.717, 1.165) is 44.7 Å². The van der Waals surface area contributed by atoms with Gasteiger partial charge >= 0.3 is 0 Å². The number of para-hydroxylation sites is 2. The fraction of sp³-hybridized carbons (Fsp3) is 0.0227. The Hall–Kier alpha value is -6.19. The summed E-state index contributed by atoms with van der Waals surface area (Å²) in [4.78, 5) is 14.9. The molecule has 1 spiro atoms. The van der Waals surface area contributed by atoms with Gasteiger partial charge in [-0.25, -0.2) is 9.97 Å². The van der Waals surface area contributed by atoms with Gasteiger partial charge < -0.3 is 0 Å². The fourth-order valence-corrected chi connectivity index (χ4v) is 8.00. The van der Waals surface area contributed by atoms with Crippen molar-refractivity contribution in [3.63, 3.8) is 0 Å². The number of benzene rings is 6. The van der Waals surface area contributed by atoms with Crippen molar-refractivity contribution in [1.29, 1.82) is 0 Å². The van der Waals surface area contributed by atoms with E-state index in [2.05, 4.69) is 126 Å². The molecule has 3 heteroatoms. The fourth-order valence-electron chi connectivity index (χ4n) is 8.00. The number of nitrogens with zero attached hydrogens (tertiary/aromatic N) is 3. The van der Waals surface area contributed by atoms with Crippen LogP contribution in [0.4, 0.5) is 0 Å². The number of fused-ring (bicyclic) bond motifs is 11. The Kier molecular flexibility index (Phi) is 5.49. The Bertz CT molecular complexity index is 2470. The van der Waals surface area contributed by atoms with Crippen molar-refractivity contribution >= 4 is 11.0 Å². The molecule has 2 heterocycles. The van der Waals surface area contributed by atoms with Crippen LogP contribution in [0.5, 0.6) is 0 Å². The van der Waals surface area contributed by atoms with Gasteiger partial charge in [-0.2, -0.15) is 0 Å². The first-order valence-electron chi connectivity index (χ1n) is 16.0. The standard InChI is InChI=1S/C44H27N3/c1-2-11-28(12-3-1)42-43(47-41-19-9-8-18-40(41)46-42)30-21-23-35-34-22-20-29(31-13-10-24-45-27-31)25-38(34)44(39(35)26-30)36-16-6-4-14-32(36)33-15-5-7-17-37(33)44/h1-27H. The van der Waals surface area contributed by atoms with Gasteiger partial charge in [-0.15, -0.1) is 0 Å². The van der Waals surface area contributed by atoms with E-state index in [1.807, 2.05) is 42.7 Å². The van der Waals surface area contributed by atoms with Crippen molar-refractivity contribution < 1.29 is 0 Å². The number of aromatic nitrogens is 3. The van der Waals surface area contributed by atoms with Crippen LogP contribution in [0.3, 0.4) is 0 Å². The minimum absolute atomic E-state index is 0.483. The summed E-state index contributed by atoms with van der Waals surface area (Å²) < 4.78 is 0. The van der Waals surface area contributed by atoms with Crippen molar-refractivity contribution in [3.05, 3.63) is 186 Å². The van der Waals surface area contributed by atoms with E-state index in [9.17, 15) is 0 Å². The molecule has 0 saturated carbocycles. The zero-order chi connectivity index (χ0) is 31.0. The maximum absolute atomic E-state index is 5.28. The number of pyridine rings is 1. The summed E-state index contributed by atoms with van der Waals surface area (Å²) in [7, 11) is 0. The van der Waals surface area contributed by atoms with Gasteiger partial charge in [0.05, 0.1) is 27.8 Å². The van der Waals surface area contributed by atoms with Gasteiger partial charge in [-0.1, -0.05) is 121 Å². The third kappa shape index (κ3) is 3.65. The number of hydrogen-bond acceptors (Lipinski definition) is 3. The lowest BCUT2D eigenvalue weighted by Crippen LogP contribution is -2.26. The third-order valence-corrected chi connectivity index (χ3v) is 9.98. The molecule has 3 nitrogen and oxygen atoms in total. The smallest absolute Gasteiger partial charge is 0.0973 e. The van der Waals surface area contributed by atoms with Gasteiger partial charge in [-0.3, -0.25) is 4.98 Å². The Morgan fingerprint density at radius 3 is 1.51 bits per heavy atom. The van der Waals surface area contributed by atoms with Crippen molar-refractivity contribution in [2.24, 2.45) is 0 Å². The summed E-state index contributed by atoms with van der Waals surface area (Å²) in [5, 5.41) is 0. The SMILES string of the molecule is c1ccc(-c2nc3ccccc3nc2-c2ccc3c(c2)C2(c4ccccc4-c4ccccc42)c2cc(-c4cccnc4)ccc2-3)cc1. The Balaban J connectivity index is 1.29. The van der Waals surface area contributed by atoms with E-state index in [0.29, 0.717) is 0 Å². The van der Waals surface area contributed by atoms with Crippen LogP contribution in [-0.4, -0.2) is 15.0 Å². The second-order valence-corrected chi connectivity index (χ2v) is 12.4. The molecule has 0 amide bonds. The van der Waals surface area contributed by atoms with Crippen LogP contribution in [0.2, 0.25) is 0 Å². The lowest BCUT2D eigenvalue weighted by molar-refractivity contribution is 0.794. The molecule has 0 saturated heterocycles. The van der Waals surface area contributed by atoms with Crippen molar-refractivity contribution in [3.8, 4) is 55.9 Å². The molecule has 2 aromatic heterocycles. The Morgan fingerprint density at radius 2 is 0.872 bits per heavy atom. The summed E-state index contributed by atoms with van der Waals surface area (Å²) in [6, 6.07) is 54.5. The number of rotatable bonds is 3. The highest BCUT2D eigenvalue weighted by atomic mass is 14.8. The predicted molar refractivity (Wildman–Crippen MR) is 190 cm³/mol. The molecule has 0 fully saturated rings. The maximum Gasteiger partial charge on any atom is 0.0973 e. The van der Waals surface area contributed by atoms with Crippen molar-refractivity contribution in [2.45, 2.75) is 5.41 Å². The quantitative estimate of drug-likeness (QED) is 0.203. The molecule has 0 atom stereocenters. The van der Waals surface area contributed by atoms with Crippen LogP contribution in [0.1, 0.15) is 22.3 Å². The van der Waals surface area contributed by atoms with Gasteiger partial charge in [0, 0.05) is 23.5 Å². The highest BCUT2D eigenvalue weighted by molar-refractivity contribution is 5.97. The average Bonchev–Trinajstić information content (AvgIpc) is 3.61. The molecule has 0 unspecified atom stereocenters. The summed E-state index contributed by atoms with van der Waals surface area (Å²) in [5.74, 6) is 0. The van der Waals surface area contributed by atoms with Crippen molar-refractivity contribution in [1.82, 2.24) is 15.0 Å². The first kappa shape index (κ1) is 26.1. The Labute approximate surface area is 272 Å². The topological polar surface area (TPSA) is 38.7 Å². The highest BCUT2D eigenvalue weighted by Gasteiger charge is 2.51. The predicted octanol–water partition coefficient (Wildman–Crippen LogP) is 10.4. The zero-order valence-corrected chi connectivity index (χ0v) is 25.4. The molecule has 2 aliphatic rings. The molecule has 0 N–H and O–H groups in total. The number of hydrogen-bond donors (Lipinski definition) is 0. The van der Waals surface area contributed by atoms with Gasteiger partial charge in [0.25, 0.3) is 0 Å². The molecule has 0 radical (unpaired) electrons. The van der Waals surface area contributed by atoms with E-state index in [4.69, 9.17) is 9.97 Å². The van der Waals surface area contributed by atoms with E-state index < -0.39 is 5.41 Å². The second-order valence-electron chi connectivity index (χ2n) is 12.4. The Morgan fingerprint density at radius 1 is 0.362 bits per heavy atom. The molecular weight excluding hydrogens is 571 g/mol. The summed E-state index contributed by atoms with van der Waals surface area (Å²) in [5.41, 5.74) is 17.8. The minimum atomic E-state index is -0.483. The van der Waals surface area contributed by atoms with Crippen LogP contribution in [0.15, 0.2) is 164 Å². The lowest BCUT2D eigenvalue weighted by atomic mass is 9.70. The summed E-state index contributed by atoms with van der Waals surface area (Å²) >= 11 is 0. The van der Waals surface area contributed by atoms with Gasteiger partial charge in [0.1, 0.15) is 0 Å². The van der Waals surface area contributed by atoms with Gasteiger partial charge in [0.15, 0.2) is 0 Å². The van der Waals surface area contributed by atoms with E-state index in [1.54, 1.807) is 0 Å². The van der Waals surface area contributed by atoms with E-state index >= 15 is 0 Å². The third-order valence-electron chi connectivity index (χ3n) is 9.98. The molecule has 10 rings (SSSR count). The molecular formula is C44H27N3. The maximum atomic E-state index is 5.28. The highest BCUT2D eigenvalue weighted by Crippen LogP contribution is 2.63. The van der Waals surface area contributed by atoms with Gasteiger partial charge in [0.2, 0.25) is 0 Å². The van der Waals surface area contributed by atoms with Crippen LogP contribution in [0, 0.1) is 0 Å². The van der Waals surface area contributed by atoms with E-state index in [1.165, 1.54) is 44.5 Å². The van der Waals surface area contributed by atoms with Crippen LogP contribution < -0.4 is 0 Å². The average molecular weight is 598 g/mol. The largest absolute Gasteiger partial charge is 0.264 e. The monoisotopic (exact) mass is 597 g/mol. The van der Waals surface area contributed by atoms with E-state index in [-0.39, 0.29) is 0 Å². The van der Waals surface area contributed by atoms with Crippen molar-refractivity contribution in [2.75, 3.05) is 0 Å². The molecule has 6 aromatic carbocycles. The summed E-state index contributed by atoms with van der Waals surface area (Å²) in [6.07, 6.45) is 3.78. The summed E-state index contributed by atoms with van der Waals surface area (Å²) in [6.45, 7) is 0. The molecule has 0 bridgehead atoms. The van der Waals surface area contributed by atoms with Crippen LogP contribution in [-0.2, 0) is 5.41 Å². The second kappa shape index (κ2) is 9.90. The molecule has 8 aromatic rings. The normalized spacial score (nSPS) is 13.3. The first-order chi connectivity index (χ1) is 23.3. The zero-order valence-electron chi connectivity index (χ0n) is 25.4. The molecule has 47 heavy (non-hydrogen) atoms. The first-order valence-corrected chi connectivity index (χ1v) is 16.0. The van der Waals surface area contributed by atoms with Gasteiger partial charge in [-0.05, 0) is 86.0 Å².